The molecule has 0 aliphatic carbocycles. The molecule has 2 heterocycles. The van der Waals surface area contributed by atoms with Crippen LogP contribution in [0, 0.1) is 6.92 Å². The number of thiazole rings is 1. The lowest BCUT2D eigenvalue weighted by Gasteiger charge is -2.08. The summed E-state index contributed by atoms with van der Waals surface area (Å²) in [7, 11) is 0. The standard InChI is InChI=1S/C25H17NO3S2/c1-14-4-2-3-5-18(14)23(29)24-22(19-11-10-17(27)12-20(19)31-24)15-6-8-16(9-7-15)25-26-21(28)13-30-25/h2-13,27-28H,1H3. The van der Waals surface area contributed by atoms with Crippen molar-refractivity contribution < 1.29 is 15.0 Å². The number of benzene rings is 3. The van der Waals surface area contributed by atoms with Crippen molar-refractivity contribution in [3.05, 3.63) is 88.1 Å². The van der Waals surface area contributed by atoms with Gasteiger partial charge in [0, 0.05) is 26.8 Å². The van der Waals surface area contributed by atoms with Crippen molar-refractivity contribution in [2.75, 3.05) is 0 Å². The van der Waals surface area contributed by atoms with Crippen molar-refractivity contribution >= 4 is 38.5 Å². The molecule has 0 aliphatic rings. The first kappa shape index (κ1) is 19.5. The monoisotopic (exact) mass is 443 g/mol. The molecule has 4 nitrogen and oxygen atoms in total. The van der Waals surface area contributed by atoms with Crippen LogP contribution < -0.4 is 0 Å². The maximum absolute atomic E-state index is 13.5. The van der Waals surface area contributed by atoms with Crippen molar-refractivity contribution in [2.24, 2.45) is 0 Å². The third-order valence-electron chi connectivity index (χ3n) is 5.18. The Morgan fingerprint density at radius 3 is 2.39 bits per heavy atom. The first-order valence-electron chi connectivity index (χ1n) is 9.62. The molecule has 0 saturated heterocycles. The summed E-state index contributed by atoms with van der Waals surface area (Å²) >= 11 is 2.77. The highest BCUT2D eigenvalue weighted by molar-refractivity contribution is 7.21. The molecule has 0 fully saturated rings. The van der Waals surface area contributed by atoms with E-state index in [-0.39, 0.29) is 17.4 Å². The fraction of sp³-hybridized carbons (Fsp3) is 0.0400. The van der Waals surface area contributed by atoms with Gasteiger partial charge in [0.15, 0.2) is 0 Å². The molecule has 0 saturated carbocycles. The highest BCUT2D eigenvalue weighted by atomic mass is 32.1. The van der Waals surface area contributed by atoms with E-state index in [0.29, 0.717) is 10.4 Å². The Bertz CT molecular complexity index is 1430. The third kappa shape index (κ3) is 3.50. The van der Waals surface area contributed by atoms with Gasteiger partial charge in [-0.1, -0.05) is 48.5 Å². The van der Waals surface area contributed by atoms with E-state index in [4.69, 9.17) is 0 Å². The maximum atomic E-state index is 13.5. The predicted molar refractivity (Wildman–Crippen MR) is 126 cm³/mol. The number of rotatable bonds is 4. The van der Waals surface area contributed by atoms with E-state index < -0.39 is 0 Å². The van der Waals surface area contributed by atoms with Gasteiger partial charge in [-0.15, -0.1) is 22.7 Å². The van der Waals surface area contributed by atoms with Crippen molar-refractivity contribution in [2.45, 2.75) is 6.92 Å². The number of carbonyl (C=O) groups is 1. The van der Waals surface area contributed by atoms with E-state index >= 15 is 0 Å². The number of hydrogen-bond acceptors (Lipinski definition) is 6. The molecule has 0 aliphatic heterocycles. The molecule has 0 atom stereocenters. The molecule has 0 spiro atoms. The van der Waals surface area contributed by atoms with Crippen LogP contribution in [0.1, 0.15) is 20.8 Å². The molecule has 6 heteroatoms. The largest absolute Gasteiger partial charge is 0.508 e. The van der Waals surface area contributed by atoms with Crippen molar-refractivity contribution in [3.8, 4) is 33.3 Å². The number of phenols is 1. The summed E-state index contributed by atoms with van der Waals surface area (Å²) in [6, 6.07) is 20.6. The lowest BCUT2D eigenvalue weighted by atomic mass is 9.96. The Hall–Kier alpha value is -3.48. The summed E-state index contributed by atoms with van der Waals surface area (Å²) in [5, 5.41) is 22.8. The molecule has 2 N–H and O–H groups in total. The number of thiophene rings is 1. The fourth-order valence-electron chi connectivity index (χ4n) is 3.66. The van der Waals surface area contributed by atoms with Crippen LogP contribution >= 0.6 is 22.7 Å². The van der Waals surface area contributed by atoms with Crippen LogP contribution in [0.25, 0.3) is 31.8 Å². The van der Waals surface area contributed by atoms with Crippen LogP contribution in [0.2, 0.25) is 0 Å². The van der Waals surface area contributed by atoms with Gasteiger partial charge in [-0.05, 0) is 36.2 Å². The van der Waals surface area contributed by atoms with E-state index in [0.717, 1.165) is 37.3 Å². The molecule has 152 valence electrons. The van der Waals surface area contributed by atoms with Crippen LogP contribution in [0.3, 0.4) is 0 Å². The maximum Gasteiger partial charge on any atom is 0.222 e. The van der Waals surface area contributed by atoms with Crippen LogP contribution in [-0.4, -0.2) is 21.0 Å². The average molecular weight is 444 g/mol. The zero-order valence-electron chi connectivity index (χ0n) is 16.5. The molecule has 31 heavy (non-hydrogen) atoms. The van der Waals surface area contributed by atoms with Gasteiger partial charge in [-0.25, -0.2) is 4.98 Å². The van der Waals surface area contributed by atoms with E-state index in [1.165, 1.54) is 22.7 Å². The molecular formula is C25H17NO3S2. The number of aryl methyl sites for hydroxylation is 1. The summed E-state index contributed by atoms with van der Waals surface area (Å²) < 4.78 is 0.862. The van der Waals surface area contributed by atoms with E-state index in [9.17, 15) is 15.0 Å². The molecule has 0 unspecified atom stereocenters. The number of aromatic nitrogens is 1. The Morgan fingerprint density at radius 2 is 1.68 bits per heavy atom. The number of ketones is 1. The Morgan fingerprint density at radius 1 is 0.935 bits per heavy atom. The van der Waals surface area contributed by atoms with Gasteiger partial charge < -0.3 is 10.2 Å². The minimum absolute atomic E-state index is 0.0128. The number of fused-ring (bicyclic) bond motifs is 1. The summed E-state index contributed by atoms with van der Waals surface area (Å²) in [6.45, 7) is 1.93. The van der Waals surface area contributed by atoms with Crippen molar-refractivity contribution in [3.63, 3.8) is 0 Å². The second-order valence-corrected chi connectivity index (χ2v) is 9.13. The first-order chi connectivity index (χ1) is 15.0. The van der Waals surface area contributed by atoms with E-state index in [2.05, 4.69) is 4.98 Å². The number of carbonyl (C=O) groups excluding carboxylic acids is 1. The molecule has 5 rings (SSSR count). The van der Waals surface area contributed by atoms with Crippen LogP contribution in [0.15, 0.2) is 72.1 Å². The van der Waals surface area contributed by atoms with E-state index in [1.807, 2.05) is 61.5 Å². The van der Waals surface area contributed by atoms with Crippen molar-refractivity contribution in [1.29, 1.82) is 0 Å². The Kier molecular flexibility index (Phi) is 4.81. The molecular weight excluding hydrogens is 426 g/mol. The van der Waals surface area contributed by atoms with E-state index in [1.54, 1.807) is 17.5 Å². The predicted octanol–water partition coefficient (Wildman–Crippen LogP) is 6.64. The molecule has 0 radical (unpaired) electrons. The highest BCUT2D eigenvalue weighted by Crippen LogP contribution is 2.42. The summed E-state index contributed by atoms with van der Waals surface area (Å²) in [5.74, 6) is 0.163. The second-order valence-electron chi connectivity index (χ2n) is 7.22. The van der Waals surface area contributed by atoms with Crippen LogP contribution in [0.5, 0.6) is 11.6 Å². The topological polar surface area (TPSA) is 70.4 Å². The van der Waals surface area contributed by atoms with Gasteiger partial charge in [0.25, 0.3) is 0 Å². The normalized spacial score (nSPS) is 11.1. The van der Waals surface area contributed by atoms with Gasteiger partial charge >= 0.3 is 0 Å². The van der Waals surface area contributed by atoms with Gasteiger partial charge in [0.1, 0.15) is 10.8 Å². The highest BCUT2D eigenvalue weighted by Gasteiger charge is 2.22. The van der Waals surface area contributed by atoms with Gasteiger partial charge in [0.2, 0.25) is 11.7 Å². The number of nitrogens with zero attached hydrogens (tertiary/aromatic N) is 1. The molecule has 5 aromatic rings. The number of phenolic OH excluding ortho intramolecular Hbond substituents is 1. The molecule has 2 aromatic heterocycles. The molecule has 0 amide bonds. The lowest BCUT2D eigenvalue weighted by molar-refractivity contribution is 0.104. The van der Waals surface area contributed by atoms with Crippen molar-refractivity contribution in [1.82, 2.24) is 4.98 Å². The average Bonchev–Trinajstić information content (AvgIpc) is 3.37. The second kappa shape index (κ2) is 7.65. The zero-order chi connectivity index (χ0) is 21.5. The Balaban J connectivity index is 1.68. The van der Waals surface area contributed by atoms with Gasteiger partial charge in [0.05, 0.1) is 10.3 Å². The third-order valence-corrected chi connectivity index (χ3v) is 7.21. The Labute approximate surface area is 186 Å². The smallest absolute Gasteiger partial charge is 0.222 e. The minimum Gasteiger partial charge on any atom is -0.508 e. The lowest BCUT2D eigenvalue weighted by Crippen LogP contribution is -2.02. The van der Waals surface area contributed by atoms with Crippen LogP contribution in [0.4, 0.5) is 0 Å². The molecule has 0 bridgehead atoms. The SMILES string of the molecule is Cc1ccccc1C(=O)c1sc2cc(O)ccc2c1-c1ccc(-c2nc(O)cs2)cc1. The first-order valence-corrected chi connectivity index (χ1v) is 11.3. The number of hydrogen-bond donors (Lipinski definition) is 2. The van der Waals surface area contributed by atoms with Gasteiger partial charge in [-0.3, -0.25) is 4.79 Å². The summed E-state index contributed by atoms with van der Waals surface area (Å²) in [5.41, 5.74) is 4.28. The van der Waals surface area contributed by atoms with Gasteiger partial charge in [-0.2, -0.15) is 0 Å². The fourth-order valence-corrected chi connectivity index (χ4v) is 5.56. The quantitative estimate of drug-likeness (QED) is 0.305. The minimum atomic E-state index is -0.0253. The van der Waals surface area contributed by atoms with Crippen LogP contribution in [-0.2, 0) is 0 Å². The summed E-state index contributed by atoms with van der Waals surface area (Å²) in [6.07, 6.45) is 0. The zero-order valence-corrected chi connectivity index (χ0v) is 18.1. The summed E-state index contributed by atoms with van der Waals surface area (Å²) in [4.78, 5) is 18.3. The number of aromatic hydroxyl groups is 2. The molecule has 3 aromatic carbocycles.